The Morgan fingerprint density at radius 2 is 2.00 bits per heavy atom. The van der Waals surface area contributed by atoms with E-state index in [0.717, 1.165) is 11.2 Å². The Balaban J connectivity index is 1.79. The third-order valence-electron chi connectivity index (χ3n) is 3.40. The molecule has 0 aliphatic heterocycles. The van der Waals surface area contributed by atoms with Gasteiger partial charge in [0.1, 0.15) is 17.3 Å². The number of aromatic nitrogens is 2. The molecule has 0 bridgehead atoms. The van der Waals surface area contributed by atoms with Gasteiger partial charge in [0.25, 0.3) is 5.91 Å². The van der Waals surface area contributed by atoms with E-state index < -0.39 is 5.91 Å². The molecule has 2 heterocycles. The van der Waals surface area contributed by atoms with Gasteiger partial charge in [-0.15, -0.1) is 0 Å². The third-order valence-corrected chi connectivity index (χ3v) is 3.40. The molecular formula is C18H14N4O. The van der Waals surface area contributed by atoms with Gasteiger partial charge in [-0.3, -0.25) is 4.79 Å². The highest BCUT2D eigenvalue weighted by Gasteiger charge is 2.10. The van der Waals surface area contributed by atoms with Gasteiger partial charge in [0, 0.05) is 12.7 Å². The Morgan fingerprint density at radius 3 is 2.78 bits per heavy atom. The van der Waals surface area contributed by atoms with Gasteiger partial charge < -0.3 is 9.72 Å². The maximum absolute atomic E-state index is 12.2. The van der Waals surface area contributed by atoms with Gasteiger partial charge in [-0.05, 0) is 23.8 Å². The van der Waals surface area contributed by atoms with Crippen LogP contribution in [0.1, 0.15) is 11.3 Å². The second-order valence-corrected chi connectivity index (χ2v) is 4.95. The molecule has 3 aromatic rings. The molecule has 23 heavy (non-hydrogen) atoms. The smallest absolute Gasteiger partial charge is 0.262 e. The molecule has 0 atom stereocenters. The average molecular weight is 302 g/mol. The lowest BCUT2D eigenvalue weighted by atomic mass is 10.2. The number of hydrogen-bond donors (Lipinski definition) is 1. The topological polar surface area (TPSA) is 70.2 Å². The average Bonchev–Trinajstić information content (AvgIpc) is 3.01. The fourth-order valence-electron chi connectivity index (χ4n) is 2.23. The Bertz CT molecular complexity index is 903. The Morgan fingerprint density at radius 1 is 1.22 bits per heavy atom. The number of fused-ring (bicyclic) bond motifs is 1. The molecule has 0 spiro atoms. The molecule has 0 saturated heterocycles. The fraction of sp³-hybridized carbons (Fsp3) is 0.0556. The lowest BCUT2D eigenvalue weighted by molar-refractivity contribution is -0.117. The van der Waals surface area contributed by atoms with Crippen molar-refractivity contribution in [2.75, 3.05) is 0 Å². The van der Waals surface area contributed by atoms with E-state index in [2.05, 4.69) is 10.3 Å². The number of amides is 1. The van der Waals surface area contributed by atoms with Crippen LogP contribution in [0.2, 0.25) is 0 Å². The molecule has 112 valence electrons. The van der Waals surface area contributed by atoms with Crippen molar-refractivity contribution in [2.24, 2.45) is 0 Å². The molecule has 1 N–H and O–H groups in total. The third kappa shape index (κ3) is 3.27. The van der Waals surface area contributed by atoms with Gasteiger partial charge in [0.2, 0.25) is 0 Å². The lowest BCUT2D eigenvalue weighted by Gasteiger charge is -2.04. The van der Waals surface area contributed by atoms with Crippen LogP contribution in [0.5, 0.6) is 0 Å². The highest BCUT2D eigenvalue weighted by atomic mass is 16.1. The number of hydrogen-bond acceptors (Lipinski definition) is 3. The summed E-state index contributed by atoms with van der Waals surface area (Å²) in [6.07, 6.45) is 5.02. The highest BCUT2D eigenvalue weighted by Crippen LogP contribution is 2.10. The molecule has 1 amide bonds. The first-order valence-corrected chi connectivity index (χ1v) is 7.14. The van der Waals surface area contributed by atoms with E-state index in [0.29, 0.717) is 12.2 Å². The van der Waals surface area contributed by atoms with Crippen LogP contribution < -0.4 is 5.32 Å². The molecule has 1 aromatic carbocycles. The zero-order valence-corrected chi connectivity index (χ0v) is 12.3. The van der Waals surface area contributed by atoms with E-state index in [9.17, 15) is 10.1 Å². The van der Waals surface area contributed by atoms with Gasteiger partial charge in [0.15, 0.2) is 0 Å². The Hall–Kier alpha value is -3.39. The number of benzene rings is 1. The number of nitriles is 1. The number of rotatable bonds is 4. The predicted molar refractivity (Wildman–Crippen MR) is 87.1 cm³/mol. The van der Waals surface area contributed by atoms with Crippen molar-refractivity contribution in [2.45, 2.75) is 6.54 Å². The van der Waals surface area contributed by atoms with Crippen molar-refractivity contribution in [3.8, 4) is 6.07 Å². The monoisotopic (exact) mass is 302 g/mol. The van der Waals surface area contributed by atoms with Gasteiger partial charge in [-0.2, -0.15) is 5.26 Å². The molecule has 0 saturated carbocycles. The van der Waals surface area contributed by atoms with Gasteiger partial charge in [0.05, 0.1) is 11.9 Å². The van der Waals surface area contributed by atoms with Crippen LogP contribution in [0.3, 0.4) is 0 Å². The van der Waals surface area contributed by atoms with Gasteiger partial charge in [-0.1, -0.05) is 36.4 Å². The second kappa shape index (κ2) is 6.58. The number of nitrogens with zero attached hydrogens (tertiary/aromatic N) is 3. The number of carbonyl (C=O) groups is 1. The maximum atomic E-state index is 12.2. The summed E-state index contributed by atoms with van der Waals surface area (Å²) in [4.78, 5) is 16.4. The van der Waals surface area contributed by atoms with Crippen LogP contribution in [-0.2, 0) is 11.3 Å². The summed E-state index contributed by atoms with van der Waals surface area (Å²) in [6.45, 7) is 0.381. The van der Waals surface area contributed by atoms with Gasteiger partial charge >= 0.3 is 0 Å². The molecule has 3 rings (SSSR count). The number of imidazole rings is 1. The number of carbonyl (C=O) groups excluding carboxylic acids is 1. The van der Waals surface area contributed by atoms with E-state index in [-0.39, 0.29) is 5.57 Å². The quantitative estimate of drug-likeness (QED) is 0.595. The lowest BCUT2D eigenvalue weighted by Crippen LogP contribution is -2.23. The van der Waals surface area contributed by atoms with E-state index in [1.807, 2.05) is 65.2 Å². The van der Waals surface area contributed by atoms with Crippen LogP contribution in [0.15, 0.2) is 66.5 Å². The summed E-state index contributed by atoms with van der Waals surface area (Å²) in [7, 11) is 0. The van der Waals surface area contributed by atoms with Crippen LogP contribution in [0, 0.1) is 11.3 Å². The summed E-state index contributed by atoms with van der Waals surface area (Å²) < 4.78 is 1.82. The van der Waals surface area contributed by atoms with E-state index in [4.69, 9.17) is 0 Å². The SMILES string of the molecule is N#C/C(=C\c1cnc2ccccn12)C(=O)NCc1ccccc1. The molecule has 0 fully saturated rings. The highest BCUT2D eigenvalue weighted by molar-refractivity contribution is 6.01. The van der Waals surface area contributed by atoms with Crippen molar-refractivity contribution in [1.29, 1.82) is 5.26 Å². The first-order valence-electron chi connectivity index (χ1n) is 7.14. The van der Waals surface area contributed by atoms with E-state index >= 15 is 0 Å². The van der Waals surface area contributed by atoms with Crippen LogP contribution >= 0.6 is 0 Å². The fourth-order valence-corrected chi connectivity index (χ4v) is 2.23. The van der Waals surface area contributed by atoms with Gasteiger partial charge in [-0.25, -0.2) is 4.98 Å². The minimum atomic E-state index is -0.401. The molecular weight excluding hydrogens is 288 g/mol. The molecule has 0 aliphatic rings. The molecule has 0 radical (unpaired) electrons. The summed E-state index contributed by atoms with van der Waals surface area (Å²) in [5, 5.41) is 12.0. The number of pyridine rings is 1. The summed E-state index contributed by atoms with van der Waals surface area (Å²) in [6, 6.07) is 17.1. The first-order chi connectivity index (χ1) is 11.3. The van der Waals surface area contributed by atoms with Crippen molar-refractivity contribution in [3.63, 3.8) is 0 Å². The van der Waals surface area contributed by atoms with Crippen LogP contribution in [0.4, 0.5) is 0 Å². The first kappa shape index (κ1) is 14.5. The largest absolute Gasteiger partial charge is 0.347 e. The predicted octanol–water partition coefficient (Wildman–Crippen LogP) is 2.56. The summed E-state index contributed by atoms with van der Waals surface area (Å²) >= 11 is 0. The van der Waals surface area contributed by atoms with Crippen molar-refractivity contribution >= 4 is 17.6 Å². The zero-order valence-electron chi connectivity index (χ0n) is 12.3. The maximum Gasteiger partial charge on any atom is 0.262 e. The van der Waals surface area contributed by atoms with Crippen molar-refractivity contribution in [3.05, 3.63) is 77.8 Å². The molecule has 2 aromatic heterocycles. The normalized spacial score (nSPS) is 11.2. The molecule has 0 aliphatic carbocycles. The second-order valence-electron chi connectivity index (χ2n) is 4.95. The van der Waals surface area contributed by atoms with E-state index in [1.165, 1.54) is 0 Å². The Kier molecular flexibility index (Phi) is 4.16. The van der Waals surface area contributed by atoms with Crippen molar-refractivity contribution < 1.29 is 4.79 Å². The molecule has 5 nitrogen and oxygen atoms in total. The Labute approximate surface area is 133 Å². The standard InChI is InChI=1S/C18H14N4O/c19-11-15(18(23)21-12-14-6-2-1-3-7-14)10-16-13-20-17-8-4-5-9-22(16)17/h1-10,13H,12H2,(H,21,23)/b15-10+. The minimum absolute atomic E-state index is 0.0478. The summed E-state index contributed by atoms with van der Waals surface area (Å²) in [5.41, 5.74) is 2.48. The zero-order chi connectivity index (χ0) is 16.1. The minimum Gasteiger partial charge on any atom is -0.347 e. The van der Waals surface area contributed by atoms with Crippen molar-refractivity contribution in [1.82, 2.24) is 14.7 Å². The number of nitrogens with one attached hydrogen (secondary N) is 1. The van der Waals surface area contributed by atoms with E-state index in [1.54, 1.807) is 12.3 Å². The molecule has 0 unspecified atom stereocenters. The molecule has 5 heteroatoms. The van der Waals surface area contributed by atoms with Crippen LogP contribution in [-0.4, -0.2) is 15.3 Å². The van der Waals surface area contributed by atoms with Crippen LogP contribution in [0.25, 0.3) is 11.7 Å². The summed E-state index contributed by atoms with van der Waals surface area (Å²) in [5.74, 6) is -0.401.